The molecule has 2 amide bonds. The third kappa shape index (κ3) is 3.12. The number of nitrogens with one attached hydrogen (secondary N) is 1. The number of carbonyl (C=O) groups excluding carboxylic acids is 2. The summed E-state index contributed by atoms with van der Waals surface area (Å²) < 4.78 is 0. The minimum atomic E-state index is -0.691. The van der Waals surface area contributed by atoms with Crippen molar-refractivity contribution in [1.29, 1.82) is 0 Å². The van der Waals surface area contributed by atoms with Crippen molar-refractivity contribution >= 4 is 11.8 Å². The topological polar surface area (TPSA) is 49.4 Å². The first-order valence-electron chi connectivity index (χ1n) is 6.81. The monoisotopic (exact) mass is 252 g/mol. The fourth-order valence-corrected chi connectivity index (χ4v) is 2.36. The maximum absolute atomic E-state index is 12.6. The number of carbonyl (C=O) groups is 2. The summed E-state index contributed by atoms with van der Waals surface area (Å²) in [6.45, 7) is 7.11. The molecule has 4 heteroatoms. The summed E-state index contributed by atoms with van der Waals surface area (Å²) in [7, 11) is 0. The number of hydrogen-bond donors (Lipinski definition) is 1. The molecule has 0 radical (unpaired) electrons. The van der Waals surface area contributed by atoms with Crippen LogP contribution in [0.4, 0.5) is 0 Å². The van der Waals surface area contributed by atoms with Gasteiger partial charge in [0.25, 0.3) is 0 Å². The van der Waals surface area contributed by atoms with E-state index in [0.29, 0.717) is 32.4 Å². The van der Waals surface area contributed by atoms with Gasteiger partial charge in [-0.3, -0.25) is 9.59 Å². The number of allylic oxidation sites excluding steroid dienone is 1. The second-order valence-electron chi connectivity index (χ2n) is 4.74. The minimum absolute atomic E-state index is 0.0133. The molecule has 1 heterocycles. The van der Waals surface area contributed by atoms with Gasteiger partial charge in [0.1, 0.15) is 5.54 Å². The zero-order valence-corrected chi connectivity index (χ0v) is 11.7. The molecule has 1 fully saturated rings. The fourth-order valence-electron chi connectivity index (χ4n) is 2.36. The Kier molecular flexibility index (Phi) is 5.38. The maximum atomic E-state index is 12.6. The Bertz CT molecular complexity index is 333. The lowest BCUT2D eigenvalue weighted by atomic mass is 9.91. The molecule has 0 atom stereocenters. The van der Waals surface area contributed by atoms with Crippen LogP contribution in [0.2, 0.25) is 0 Å². The molecule has 1 aliphatic heterocycles. The van der Waals surface area contributed by atoms with Crippen molar-refractivity contribution in [3.05, 3.63) is 12.2 Å². The van der Waals surface area contributed by atoms with Gasteiger partial charge in [0, 0.05) is 19.5 Å². The SMILES string of the molecule is C/C=C/CCN1CCC(=O)NC(CC)(CC)C1=O. The lowest BCUT2D eigenvalue weighted by molar-refractivity contribution is -0.139. The molecule has 0 aromatic carbocycles. The van der Waals surface area contributed by atoms with Crippen LogP contribution in [0.15, 0.2) is 12.2 Å². The van der Waals surface area contributed by atoms with Crippen LogP contribution in [0.3, 0.4) is 0 Å². The third-order valence-electron chi connectivity index (χ3n) is 3.69. The van der Waals surface area contributed by atoms with Crippen LogP contribution in [0.1, 0.15) is 46.5 Å². The van der Waals surface area contributed by atoms with Gasteiger partial charge < -0.3 is 10.2 Å². The van der Waals surface area contributed by atoms with Gasteiger partial charge in [-0.25, -0.2) is 0 Å². The van der Waals surface area contributed by atoms with E-state index in [4.69, 9.17) is 0 Å². The second kappa shape index (κ2) is 6.57. The molecule has 1 saturated heterocycles. The average molecular weight is 252 g/mol. The van der Waals surface area contributed by atoms with Gasteiger partial charge in [-0.05, 0) is 26.2 Å². The third-order valence-corrected chi connectivity index (χ3v) is 3.69. The van der Waals surface area contributed by atoms with Crippen molar-refractivity contribution in [2.45, 2.75) is 52.0 Å². The molecule has 4 nitrogen and oxygen atoms in total. The van der Waals surface area contributed by atoms with Crippen LogP contribution in [0.5, 0.6) is 0 Å². The molecule has 0 aromatic heterocycles. The molecule has 0 unspecified atom stereocenters. The van der Waals surface area contributed by atoms with E-state index in [0.717, 1.165) is 6.42 Å². The Morgan fingerprint density at radius 1 is 1.33 bits per heavy atom. The summed E-state index contributed by atoms with van der Waals surface area (Å²) >= 11 is 0. The predicted octanol–water partition coefficient (Wildman–Crippen LogP) is 1.86. The molecule has 0 saturated carbocycles. The van der Waals surface area contributed by atoms with E-state index < -0.39 is 5.54 Å². The van der Waals surface area contributed by atoms with Gasteiger partial charge in [-0.2, -0.15) is 0 Å². The van der Waals surface area contributed by atoms with Crippen LogP contribution in [-0.2, 0) is 9.59 Å². The van der Waals surface area contributed by atoms with E-state index in [-0.39, 0.29) is 11.8 Å². The number of rotatable bonds is 5. The lowest BCUT2D eigenvalue weighted by Crippen LogP contribution is -2.56. The van der Waals surface area contributed by atoms with Gasteiger partial charge in [-0.15, -0.1) is 0 Å². The Morgan fingerprint density at radius 3 is 2.56 bits per heavy atom. The first-order chi connectivity index (χ1) is 8.59. The molecule has 0 spiro atoms. The van der Waals surface area contributed by atoms with Crippen molar-refractivity contribution in [1.82, 2.24) is 10.2 Å². The molecule has 1 N–H and O–H groups in total. The summed E-state index contributed by atoms with van der Waals surface area (Å²) in [6.07, 6.45) is 6.58. The molecule has 0 aromatic rings. The van der Waals surface area contributed by atoms with Crippen LogP contribution >= 0.6 is 0 Å². The Balaban J connectivity index is 2.85. The maximum Gasteiger partial charge on any atom is 0.248 e. The number of amides is 2. The van der Waals surface area contributed by atoms with Crippen LogP contribution in [0, 0.1) is 0 Å². The van der Waals surface area contributed by atoms with Crippen molar-refractivity contribution in [3.63, 3.8) is 0 Å². The number of nitrogens with zero attached hydrogens (tertiary/aromatic N) is 1. The van der Waals surface area contributed by atoms with E-state index in [1.807, 2.05) is 37.8 Å². The predicted molar refractivity (Wildman–Crippen MR) is 72.1 cm³/mol. The zero-order valence-electron chi connectivity index (χ0n) is 11.7. The summed E-state index contributed by atoms with van der Waals surface area (Å²) in [4.78, 5) is 26.1. The normalized spacial score (nSPS) is 20.1. The largest absolute Gasteiger partial charge is 0.342 e. The first kappa shape index (κ1) is 14.7. The molecule has 1 aliphatic rings. The quantitative estimate of drug-likeness (QED) is 0.759. The van der Waals surface area contributed by atoms with E-state index in [1.54, 1.807) is 0 Å². The molecule has 0 bridgehead atoms. The summed E-state index contributed by atoms with van der Waals surface area (Å²) in [5, 5.41) is 2.91. The molecule has 1 rings (SSSR count). The molecular weight excluding hydrogens is 228 g/mol. The smallest absolute Gasteiger partial charge is 0.248 e. The highest BCUT2D eigenvalue weighted by atomic mass is 16.2. The molecule has 0 aliphatic carbocycles. The number of hydrogen-bond acceptors (Lipinski definition) is 2. The highest BCUT2D eigenvalue weighted by molar-refractivity contribution is 5.93. The Hall–Kier alpha value is -1.32. The Morgan fingerprint density at radius 2 is 2.00 bits per heavy atom. The summed E-state index contributed by atoms with van der Waals surface area (Å²) in [5.41, 5.74) is -0.691. The fraction of sp³-hybridized carbons (Fsp3) is 0.714. The highest BCUT2D eigenvalue weighted by Crippen LogP contribution is 2.22. The summed E-state index contributed by atoms with van der Waals surface area (Å²) in [5.74, 6) is 0.0587. The highest BCUT2D eigenvalue weighted by Gasteiger charge is 2.41. The first-order valence-corrected chi connectivity index (χ1v) is 6.81. The Labute approximate surface area is 109 Å². The molecular formula is C14H24N2O2. The van der Waals surface area contributed by atoms with E-state index in [1.165, 1.54) is 0 Å². The van der Waals surface area contributed by atoms with Crippen molar-refractivity contribution in [2.75, 3.05) is 13.1 Å². The minimum Gasteiger partial charge on any atom is -0.342 e. The van der Waals surface area contributed by atoms with Gasteiger partial charge in [0.2, 0.25) is 11.8 Å². The van der Waals surface area contributed by atoms with Gasteiger partial charge in [-0.1, -0.05) is 26.0 Å². The molecule has 102 valence electrons. The van der Waals surface area contributed by atoms with Crippen molar-refractivity contribution in [2.24, 2.45) is 0 Å². The van der Waals surface area contributed by atoms with Crippen molar-refractivity contribution in [3.8, 4) is 0 Å². The standard InChI is InChI=1S/C14H24N2O2/c1-4-7-8-10-16-11-9-12(17)15-14(5-2,6-3)13(16)18/h4,7H,5-6,8-11H2,1-3H3,(H,15,17)/b7-4+. The van der Waals surface area contributed by atoms with Gasteiger partial charge in [0.05, 0.1) is 0 Å². The van der Waals surface area contributed by atoms with Crippen LogP contribution < -0.4 is 5.32 Å². The average Bonchev–Trinajstić information content (AvgIpc) is 2.50. The molecule has 18 heavy (non-hydrogen) atoms. The van der Waals surface area contributed by atoms with E-state index in [9.17, 15) is 9.59 Å². The second-order valence-corrected chi connectivity index (χ2v) is 4.74. The lowest BCUT2D eigenvalue weighted by Gasteiger charge is -2.33. The van der Waals surface area contributed by atoms with Gasteiger partial charge in [0.15, 0.2) is 0 Å². The van der Waals surface area contributed by atoms with Crippen LogP contribution in [0.25, 0.3) is 0 Å². The zero-order chi connectivity index (χ0) is 13.6. The summed E-state index contributed by atoms with van der Waals surface area (Å²) in [6, 6.07) is 0. The van der Waals surface area contributed by atoms with Gasteiger partial charge >= 0.3 is 0 Å². The van der Waals surface area contributed by atoms with E-state index >= 15 is 0 Å². The van der Waals surface area contributed by atoms with E-state index in [2.05, 4.69) is 5.32 Å². The van der Waals surface area contributed by atoms with Crippen LogP contribution in [-0.4, -0.2) is 35.3 Å². The van der Waals surface area contributed by atoms with Crippen molar-refractivity contribution < 1.29 is 9.59 Å².